The van der Waals surface area contributed by atoms with Crippen molar-refractivity contribution >= 4 is 38.0 Å². The van der Waals surface area contributed by atoms with Gasteiger partial charge in [0, 0.05) is 27.7 Å². The fraction of sp³-hybridized carbons (Fsp3) is 0.0370. The van der Waals surface area contributed by atoms with Crippen molar-refractivity contribution in [2.45, 2.75) is 11.8 Å². The number of benzene rings is 4. The number of hydrogen-bond acceptors (Lipinski definition) is 7. The summed E-state index contributed by atoms with van der Waals surface area (Å²) in [5.74, 6) is 0.746. The molecule has 180 valence electrons. The quantitative estimate of drug-likeness (QED) is 0.226. The van der Waals surface area contributed by atoms with Crippen molar-refractivity contribution in [2.24, 2.45) is 0 Å². The van der Waals surface area contributed by atoms with E-state index in [1.807, 2.05) is 30.3 Å². The van der Waals surface area contributed by atoms with Crippen LogP contribution in [0.3, 0.4) is 0 Å². The predicted molar refractivity (Wildman–Crippen MR) is 140 cm³/mol. The molecule has 9 heteroatoms. The number of nitrogens with zero attached hydrogens (tertiary/aromatic N) is 2. The van der Waals surface area contributed by atoms with Crippen LogP contribution >= 0.6 is 0 Å². The molecular formula is C27H22N4O4S. The molecule has 0 amide bonds. The second kappa shape index (κ2) is 9.20. The molecule has 1 aromatic heterocycles. The van der Waals surface area contributed by atoms with Crippen LogP contribution in [0.2, 0.25) is 0 Å². The van der Waals surface area contributed by atoms with Gasteiger partial charge in [0.25, 0.3) is 10.0 Å². The second-order valence-electron chi connectivity index (χ2n) is 8.25. The lowest BCUT2D eigenvalue weighted by atomic mass is 10.0. The van der Waals surface area contributed by atoms with Gasteiger partial charge >= 0.3 is 0 Å². The van der Waals surface area contributed by atoms with Gasteiger partial charge in [0.2, 0.25) is 0 Å². The van der Waals surface area contributed by atoms with E-state index in [-0.39, 0.29) is 16.4 Å². The monoisotopic (exact) mass is 498 g/mol. The average molecular weight is 499 g/mol. The first-order valence-electron chi connectivity index (χ1n) is 11.0. The molecule has 0 aliphatic carbocycles. The molecular weight excluding hydrogens is 476 g/mol. The zero-order chi connectivity index (χ0) is 25.3. The van der Waals surface area contributed by atoms with E-state index < -0.39 is 10.0 Å². The number of phenols is 2. The van der Waals surface area contributed by atoms with Crippen LogP contribution in [0.5, 0.6) is 11.5 Å². The molecule has 0 fully saturated rings. The van der Waals surface area contributed by atoms with Crippen LogP contribution in [-0.4, -0.2) is 28.8 Å². The lowest BCUT2D eigenvalue weighted by molar-refractivity contribution is 0.475. The molecule has 0 aliphatic heterocycles. The summed E-state index contributed by atoms with van der Waals surface area (Å²) in [6.45, 7) is 1.73. The van der Waals surface area contributed by atoms with Gasteiger partial charge in [0.15, 0.2) is 5.82 Å². The van der Waals surface area contributed by atoms with Crippen molar-refractivity contribution in [3.8, 4) is 22.8 Å². The van der Waals surface area contributed by atoms with Crippen LogP contribution in [-0.2, 0) is 10.0 Å². The lowest BCUT2D eigenvalue weighted by Crippen LogP contribution is -2.14. The molecule has 0 atom stereocenters. The van der Waals surface area contributed by atoms with Crippen LogP contribution in [0, 0.1) is 6.92 Å². The van der Waals surface area contributed by atoms with E-state index in [9.17, 15) is 18.6 Å². The Morgan fingerprint density at radius 2 is 1.33 bits per heavy atom. The SMILES string of the molecule is Cc1ccc(-c2nnc(Nc3ccc(O)cc3)c3ccccc23)cc1S(=O)(=O)Nc1ccc(O)cc1. The molecule has 4 N–H and O–H groups in total. The average Bonchev–Trinajstić information content (AvgIpc) is 2.87. The van der Waals surface area contributed by atoms with E-state index in [0.29, 0.717) is 28.3 Å². The largest absolute Gasteiger partial charge is 0.508 e. The number of nitrogens with one attached hydrogen (secondary N) is 2. The molecule has 0 unspecified atom stereocenters. The van der Waals surface area contributed by atoms with Crippen molar-refractivity contribution in [3.63, 3.8) is 0 Å². The number of rotatable bonds is 6. The molecule has 5 rings (SSSR count). The van der Waals surface area contributed by atoms with Gasteiger partial charge in [0.05, 0.1) is 4.90 Å². The zero-order valence-corrected chi connectivity index (χ0v) is 20.0. The maximum absolute atomic E-state index is 13.2. The Balaban J connectivity index is 1.55. The number of fused-ring (bicyclic) bond motifs is 1. The van der Waals surface area contributed by atoms with E-state index >= 15 is 0 Å². The van der Waals surface area contributed by atoms with Crippen molar-refractivity contribution in [2.75, 3.05) is 10.0 Å². The summed E-state index contributed by atoms with van der Waals surface area (Å²) in [4.78, 5) is 0.116. The van der Waals surface area contributed by atoms with E-state index in [1.54, 1.807) is 43.3 Å². The van der Waals surface area contributed by atoms with Gasteiger partial charge in [-0.05, 0) is 67.1 Å². The molecule has 0 radical (unpaired) electrons. The van der Waals surface area contributed by atoms with E-state index in [2.05, 4.69) is 20.2 Å². The third kappa shape index (κ3) is 4.64. The normalized spacial score (nSPS) is 11.4. The third-order valence-corrected chi connectivity index (χ3v) is 7.21. The van der Waals surface area contributed by atoms with Crippen molar-refractivity contribution < 1.29 is 18.6 Å². The number of hydrogen-bond donors (Lipinski definition) is 4. The number of anilines is 3. The van der Waals surface area contributed by atoms with Crippen LogP contribution < -0.4 is 10.0 Å². The van der Waals surface area contributed by atoms with Crippen LogP contribution in [0.25, 0.3) is 22.0 Å². The van der Waals surface area contributed by atoms with E-state index in [4.69, 9.17) is 0 Å². The van der Waals surface area contributed by atoms with Crippen molar-refractivity contribution in [1.29, 1.82) is 0 Å². The molecule has 0 spiro atoms. The summed E-state index contributed by atoms with van der Waals surface area (Å²) in [5, 5.41) is 32.6. The Hall–Kier alpha value is -4.63. The Morgan fingerprint density at radius 3 is 2.00 bits per heavy atom. The fourth-order valence-electron chi connectivity index (χ4n) is 3.87. The number of aromatic hydroxyl groups is 2. The Kier molecular flexibility index (Phi) is 5.91. The third-order valence-electron chi connectivity index (χ3n) is 5.69. The van der Waals surface area contributed by atoms with E-state index in [1.165, 1.54) is 24.3 Å². The minimum Gasteiger partial charge on any atom is -0.508 e. The van der Waals surface area contributed by atoms with Gasteiger partial charge in [-0.2, -0.15) is 0 Å². The van der Waals surface area contributed by atoms with Crippen LogP contribution in [0.1, 0.15) is 5.56 Å². The highest BCUT2D eigenvalue weighted by molar-refractivity contribution is 7.92. The van der Waals surface area contributed by atoms with Crippen molar-refractivity contribution in [1.82, 2.24) is 10.2 Å². The maximum Gasteiger partial charge on any atom is 0.262 e. The first-order valence-corrected chi connectivity index (χ1v) is 12.5. The highest BCUT2D eigenvalue weighted by atomic mass is 32.2. The fourth-order valence-corrected chi connectivity index (χ4v) is 5.20. The molecule has 8 nitrogen and oxygen atoms in total. The predicted octanol–water partition coefficient (Wildman–Crippen LogP) is 5.56. The molecule has 5 aromatic rings. The standard InChI is InChI=1S/C27H22N4O4S/c1-17-6-7-18(16-25(17)36(34,35)31-20-10-14-22(33)15-11-20)26-23-4-2-3-5-24(23)27(30-29-26)28-19-8-12-21(32)13-9-19/h2-16,31-33H,1H3,(H,28,30). The summed E-state index contributed by atoms with van der Waals surface area (Å²) in [5.41, 5.74) is 2.80. The number of aryl methyl sites for hydroxylation is 1. The van der Waals surface area contributed by atoms with Gasteiger partial charge in [-0.15, -0.1) is 10.2 Å². The van der Waals surface area contributed by atoms with Gasteiger partial charge in [-0.1, -0.05) is 36.4 Å². The first kappa shape index (κ1) is 23.1. The minimum absolute atomic E-state index is 0.0462. The molecule has 0 saturated heterocycles. The van der Waals surface area contributed by atoms with Crippen LogP contribution in [0.15, 0.2) is 95.9 Å². The zero-order valence-electron chi connectivity index (χ0n) is 19.2. The topological polar surface area (TPSA) is 124 Å². The molecule has 0 bridgehead atoms. The summed E-state index contributed by atoms with van der Waals surface area (Å²) < 4.78 is 29.0. The molecule has 4 aromatic carbocycles. The lowest BCUT2D eigenvalue weighted by Gasteiger charge is -2.14. The van der Waals surface area contributed by atoms with Gasteiger partial charge in [-0.3, -0.25) is 4.72 Å². The van der Waals surface area contributed by atoms with Crippen molar-refractivity contribution in [3.05, 3.63) is 96.6 Å². The second-order valence-corrected chi connectivity index (χ2v) is 9.90. The molecule has 0 aliphatic rings. The van der Waals surface area contributed by atoms with Crippen LogP contribution in [0.4, 0.5) is 17.2 Å². The van der Waals surface area contributed by atoms with E-state index in [0.717, 1.165) is 16.5 Å². The summed E-state index contributed by atoms with van der Waals surface area (Å²) >= 11 is 0. The Bertz CT molecular complexity index is 1670. The van der Waals surface area contributed by atoms with Gasteiger partial charge < -0.3 is 15.5 Å². The highest BCUT2D eigenvalue weighted by Gasteiger charge is 2.20. The molecule has 36 heavy (non-hydrogen) atoms. The highest BCUT2D eigenvalue weighted by Crippen LogP contribution is 2.33. The summed E-state index contributed by atoms with van der Waals surface area (Å²) in [7, 11) is -3.91. The number of phenolic OH excluding ortho intramolecular Hbond substituents is 2. The molecule has 1 heterocycles. The first-order chi connectivity index (χ1) is 17.3. The Morgan fingerprint density at radius 1 is 0.722 bits per heavy atom. The summed E-state index contributed by atoms with van der Waals surface area (Å²) in [6.07, 6.45) is 0. The van der Waals surface area contributed by atoms with Gasteiger partial charge in [-0.25, -0.2) is 8.42 Å². The maximum atomic E-state index is 13.2. The number of aromatic nitrogens is 2. The molecule has 0 saturated carbocycles. The smallest absolute Gasteiger partial charge is 0.262 e. The van der Waals surface area contributed by atoms with Gasteiger partial charge in [0.1, 0.15) is 17.2 Å². The summed E-state index contributed by atoms with van der Waals surface area (Å²) in [6, 6.07) is 25.2. The minimum atomic E-state index is -3.91. The number of sulfonamides is 1. The Labute approximate surface area is 208 Å².